The standard InChI is InChI=1S/C21H22N4O3/c1-13(2)11-17-23-19(15-8-4-5-10-25(15)17)21(27)22-14-7-6-9-16-20(14)28-12-18(26)24(16)3/h4-10,13H,11-12H2,1-3H3,(H,22,27). The molecular weight excluding hydrogens is 356 g/mol. The summed E-state index contributed by atoms with van der Waals surface area (Å²) in [6.07, 6.45) is 2.69. The Morgan fingerprint density at radius 2 is 2.07 bits per heavy atom. The van der Waals surface area contributed by atoms with Gasteiger partial charge in [0.15, 0.2) is 18.1 Å². The number of imidazole rings is 1. The topological polar surface area (TPSA) is 75.9 Å². The zero-order chi connectivity index (χ0) is 19.8. The molecule has 7 heteroatoms. The Hall–Kier alpha value is -3.35. The average Bonchev–Trinajstić information content (AvgIpc) is 3.03. The van der Waals surface area contributed by atoms with Crippen molar-refractivity contribution in [1.29, 1.82) is 0 Å². The number of nitrogens with zero attached hydrogens (tertiary/aromatic N) is 3. The highest BCUT2D eigenvalue weighted by atomic mass is 16.5. The normalized spacial score (nSPS) is 13.6. The molecule has 1 aromatic carbocycles. The van der Waals surface area contributed by atoms with Crippen LogP contribution in [-0.2, 0) is 11.2 Å². The number of aromatic nitrogens is 2. The molecule has 3 heterocycles. The van der Waals surface area contributed by atoms with Gasteiger partial charge >= 0.3 is 0 Å². The Labute approximate surface area is 162 Å². The third kappa shape index (κ3) is 3.09. The first-order chi connectivity index (χ1) is 13.5. The number of pyridine rings is 1. The van der Waals surface area contributed by atoms with Crippen molar-refractivity contribution in [2.45, 2.75) is 20.3 Å². The van der Waals surface area contributed by atoms with Crippen LogP contribution in [0.15, 0.2) is 42.6 Å². The summed E-state index contributed by atoms with van der Waals surface area (Å²) in [6, 6.07) is 11.0. The van der Waals surface area contributed by atoms with E-state index in [1.165, 1.54) is 4.90 Å². The Morgan fingerprint density at radius 1 is 1.25 bits per heavy atom. The van der Waals surface area contributed by atoms with Crippen LogP contribution in [-0.4, -0.2) is 34.9 Å². The Kier molecular flexibility index (Phi) is 4.50. The number of carbonyl (C=O) groups is 2. The predicted molar refractivity (Wildman–Crippen MR) is 107 cm³/mol. The van der Waals surface area contributed by atoms with Gasteiger partial charge in [0.25, 0.3) is 11.8 Å². The van der Waals surface area contributed by atoms with Gasteiger partial charge in [0.1, 0.15) is 5.82 Å². The molecule has 4 rings (SSSR count). The van der Waals surface area contributed by atoms with Crippen molar-refractivity contribution in [3.8, 4) is 5.75 Å². The number of benzene rings is 1. The van der Waals surface area contributed by atoms with Crippen molar-refractivity contribution in [3.05, 3.63) is 54.1 Å². The molecule has 0 fully saturated rings. The lowest BCUT2D eigenvalue weighted by molar-refractivity contribution is -0.120. The van der Waals surface area contributed by atoms with Crippen molar-refractivity contribution in [1.82, 2.24) is 9.38 Å². The monoisotopic (exact) mass is 378 g/mol. The number of ether oxygens (including phenoxy) is 1. The van der Waals surface area contributed by atoms with Gasteiger partial charge in [0, 0.05) is 19.7 Å². The van der Waals surface area contributed by atoms with Gasteiger partial charge in [-0.05, 0) is 30.2 Å². The van der Waals surface area contributed by atoms with E-state index >= 15 is 0 Å². The number of hydrogen-bond donors (Lipinski definition) is 1. The fourth-order valence-electron chi connectivity index (χ4n) is 3.36. The van der Waals surface area contributed by atoms with Gasteiger partial charge in [-0.1, -0.05) is 26.0 Å². The molecule has 0 atom stereocenters. The number of para-hydroxylation sites is 1. The van der Waals surface area contributed by atoms with Crippen LogP contribution in [0.25, 0.3) is 5.52 Å². The minimum absolute atomic E-state index is 0.0532. The number of likely N-dealkylation sites (N-methyl/N-ethyl adjacent to an activating group) is 1. The maximum Gasteiger partial charge on any atom is 0.276 e. The summed E-state index contributed by atoms with van der Waals surface area (Å²) in [5, 5.41) is 2.90. The smallest absolute Gasteiger partial charge is 0.276 e. The maximum absolute atomic E-state index is 13.0. The molecule has 0 bridgehead atoms. The molecule has 0 unspecified atom stereocenters. The third-order valence-corrected chi connectivity index (χ3v) is 4.75. The van der Waals surface area contributed by atoms with E-state index in [1.54, 1.807) is 25.2 Å². The highest BCUT2D eigenvalue weighted by Crippen LogP contribution is 2.38. The highest BCUT2D eigenvalue weighted by Gasteiger charge is 2.26. The van der Waals surface area contributed by atoms with Gasteiger partial charge in [0.2, 0.25) is 0 Å². The van der Waals surface area contributed by atoms with Gasteiger partial charge < -0.3 is 19.4 Å². The number of fused-ring (bicyclic) bond motifs is 2. The minimum atomic E-state index is -0.310. The molecule has 2 aromatic heterocycles. The Morgan fingerprint density at radius 3 is 2.86 bits per heavy atom. The van der Waals surface area contributed by atoms with Crippen LogP contribution in [0.1, 0.15) is 30.2 Å². The van der Waals surface area contributed by atoms with Gasteiger partial charge in [-0.15, -0.1) is 0 Å². The Balaban J connectivity index is 1.70. The van der Waals surface area contributed by atoms with E-state index in [-0.39, 0.29) is 18.4 Å². The van der Waals surface area contributed by atoms with Crippen molar-refractivity contribution in [2.24, 2.45) is 5.92 Å². The van der Waals surface area contributed by atoms with Crippen LogP contribution in [0.5, 0.6) is 5.75 Å². The van der Waals surface area contributed by atoms with Gasteiger partial charge in [0.05, 0.1) is 16.9 Å². The Bertz CT molecular complexity index is 1070. The summed E-state index contributed by atoms with van der Waals surface area (Å²) in [6.45, 7) is 4.19. The fourth-order valence-corrected chi connectivity index (χ4v) is 3.36. The SMILES string of the molecule is CC(C)Cc1nc(C(=O)Nc2cccc3c2OCC(=O)N3C)c2ccccn12. The summed E-state index contributed by atoms with van der Waals surface area (Å²) in [4.78, 5) is 31.0. The van der Waals surface area contributed by atoms with Crippen molar-refractivity contribution < 1.29 is 14.3 Å². The van der Waals surface area contributed by atoms with Crippen LogP contribution in [0.4, 0.5) is 11.4 Å². The molecule has 1 aliphatic heterocycles. The molecule has 144 valence electrons. The second-order valence-electron chi connectivity index (χ2n) is 7.28. The van der Waals surface area contributed by atoms with E-state index in [2.05, 4.69) is 24.1 Å². The first kappa shape index (κ1) is 18.0. The molecule has 0 saturated heterocycles. The molecule has 0 spiro atoms. The van der Waals surface area contributed by atoms with E-state index < -0.39 is 0 Å². The average molecular weight is 378 g/mol. The van der Waals surface area contributed by atoms with Crippen molar-refractivity contribution >= 4 is 28.7 Å². The fraction of sp³-hybridized carbons (Fsp3) is 0.286. The van der Waals surface area contributed by atoms with E-state index in [1.807, 2.05) is 28.8 Å². The number of nitrogens with one attached hydrogen (secondary N) is 1. The summed E-state index contributed by atoms with van der Waals surface area (Å²) >= 11 is 0. The lowest BCUT2D eigenvalue weighted by atomic mass is 10.1. The summed E-state index contributed by atoms with van der Waals surface area (Å²) in [5.74, 6) is 1.32. The van der Waals surface area contributed by atoms with Crippen LogP contribution in [0, 0.1) is 5.92 Å². The second kappa shape index (κ2) is 6.99. The first-order valence-electron chi connectivity index (χ1n) is 9.25. The van der Waals surface area contributed by atoms with E-state index in [9.17, 15) is 9.59 Å². The second-order valence-corrected chi connectivity index (χ2v) is 7.28. The highest BCUT2D eigenvalue weighted by molar-refractivity contribution is 6.09. The molecule has 7 nitrogen and oxygen atoms in total. The van der Waals surface area contributed by atoms with E-state index in [0.29, 0.717) is 28.7 Å². The van der Waals surface area contributed by atoms with Gasteiger partial charge in [-0.25, -0.2) is 4.98 Å². The lowest BCUT2D eigenvalue weighted by Crippen LogP contribution is -2.35. The van der Waals surface area contributed by atoms with Crippen molar-refractivity contribution in [2.75, 3.05) is 23.9 Å². The molecule has 3 aromatic rings. The summed E-state index contributed by atoms with van der Waals surface area (Å²) < 4.78 is 7.54. The third-order valence-electron chi connectivity index (χ3n) is 4.75. The zero-order valence-corrected chi connectivity index (χ0v) is 16.1. The molecule has 0 radical (unpaired) electrons. The van der Waals surface area contributed by atoms with Crippen molar-refractivity contribution in [3.63, 3.8) is 0 Å². The molecule has 0 saturated carbocycles. The number of hydrogen-bond acceptors (Lipinski definition) is 4. The zero-order valence-electron chi connectivity index (χ0n) is 16.1. The molecule has 1 N–H and O–H groups in total. The first-order valence-corrected chi connectivity index (χ1v) is 9.25. The van der Waals surface area contributed by atoms with Crippen LogP contribution in [0.3, 0.4) is 0 Å². The molecule has 28 heavy (non-hydrogen) atoms. The van der Waals surface area contributed by atoms with Gasteiger partial charge in [-0.2, -0.15) is 0 Å². The number of carbonyl (C=O) groups excluding carboxylic acids is 2. The van der Waals surface area contributed by atoms with Crippen LogP contribution >= 0.6 is 0 Å². The largest absolute Gasteiger partial charge is 0.479 e. The quantitative estimate of drug-likeness (QED) is 0.757. The molecule has 0 aliphatic carbocycles. The van der Waals surface area contributed by atoms with Gasteiger partial charge in [-0.3, -0.25) is 9.59 Å². The lowest BCUT2D eigenvalue weighted by Gasteiger charge is -2.27. The summed E-state index contributed by atoms with van der Waals surface area (Å²) in [7, 11) is 1.69. The van der Waals surface area contributed by atoms with Crippen LogP contribution < -0.4 is 15.0 Å². The molecular formula is C21H22N4O3. The maximum atomic E-state index is 13.0. The predicted octanol–water partition coefficient (Wildman–Crippen LogP) is 3.14. The van der Waals surface area contributed by atoms with E-state index in [0.717, 1.165) is 17.8 Å². The number of rotatable bonds is 4. The van der Waals surface area contributed by atoms with Crippen LogP contribution in [0.2, 0.25) is 0 Å². The molecule has 1 aliphatic rings. The molecule has 2 amide bonds. The number of anilines is 2. The van der Waals surface area contributed by atoms with E-state index in [4.69, 9.17) is 4.74 Å². The summed E-state index contributed by atoms with van der Waals surface area (Å²) in [5.41, 5.74) is 2.27. The minimum Gasteiger partial charge on any atom is -0.479 e. The number of amides is 2.